The number of likely N-dealkylation sites (tertiary alicyclic amines) is 1. The molecule has 2 aromatic rings. The summed E-state index contributed by atoms with van der Waals surface area (Å²) in [7, 11) is 0. The molecule has 8 nitrogen and oxygen atoms in total. The van der Waals surface area contributed by atoms with Crippen molar-refractivity contribution in [1.29, 1.82) is 0 Å². The SMILES string of the molecule is Cc1cc(C(=O)NC2CCN(C(=O)C3CC3)CC2)ccc1-n1cnnn1. The van der Waals surface area contributed by atoms with Gasteiger partial charge in [-0.25, -0.2) is 4.68 Å². The first kappa shape index (κ1) is 16.7. The molecule has 26 heavy (non-hydrogen) atoms. The van der Waals surface area contributed by atoms with Gasteiger partial charge >= 0.3 is 0 Å². The number of aromatic nitrogens is 4. The van der Waals surface area contributed by atoms with Crippen molar-refractivity contribution in [2.24, 2.45) is 5.92 Å². The molecule has 0 atom stereocenters. The Morgan fingerprint density at radius 3 is 2.54 bits per heavy atom. The largest absolute Gasteiger partial charge is 0.349 e. The molecular weight excluding hydrogens is 332 g/mol. The lowest BCUT2D eigenvalue weighted by Crippen LogP contribution is -2.47. The zero-order chi connectivity index (χ0) is 18.1. The second-order valence-electron chi connectivity index (χ2n) is 7.10. The van der Waals surface area contributed by atoms with Crippen molar-refractivity contribution in [2.45, 2.75) is 38.6 Å². The summed E-state index contributed by atoms with van der Waals surface area (Å²) in [6.07, 6.45) is 5.22. The van der Waals surface area contributed by atoms with Crippen LogP contribution in [0.3, 0.4) is 0 Å². The van der Waals surface area contributed by atoms with Crippen molar-refractivity contribution in [2.75, 3.05) is 13.1 Å². The first-order chi connectivity index (χ1) is 12.6. The van der Waals surface area contributed by atoms with Crippen LogP contribution in [0.2, 0.25) is 0 Å². The molecule has 1 aromatic carbocycles. The summed E-state index contributed by atoms with van der Waals surface area (Å²) >= 11 is 0. The standard InChI is InChI=1S/C18H22N6O2/c1-12-10-14(4-5-16(12)24-11-19-21-22-24)17(25)20-15-6-8-23(9-7-15)18(26)13-2-3-13/h4-5,10-11,13,15H,2-3,6-9H2,1H3,(H,20,25). The van der Waals surface area contributed by atoms with Crippen LogP contribution in [0, 0.1) is 12.8 Å². The Hall–Kier alpha value is -2.77. The van der Waals surface area contributed by atoms with Crippen molar-refractivity contribution in [1.82, 2.24) is 30.4 Å². The van der Waals surface area contributed by atoms with Gasteiger partial charge in [-0.3, -0.25) is 9.59 Å². The van der Waals surface area contributed by atoms with E-state index in [2.05, 4.69) is 20.8 Å². The van der Waals surface area contributed by atoms with E-state index in [-0.39, 0.29) is 17.9 Å². The number of hydrogen-bond donors (Lipinski definition) is 1. The molecular formula is C18H22N6O2. The van der Waals surface area contributed by atoms with Gasteiger partial charge in [0, 0.05) is 30.6 Å². The van der Waals surface area contributed by atoms with E-state index in [1.807, 2.05) is 24.0 Å². The van der Waals surface area contributed by atoms with Crippen molar-refractivity contribution in [3.8, 4) is 5.69 Å². The van der Waals surface area contributed by atoms with E-state index in [9.17, 15) is 9.59 Å². The van der Waals surface area contributed by atoms with Crippen LogP contribution in [0.5, 0.6) is 0 Å². The molecule has 1 saturated heterocycles. The number of nitrogens with one attached hydrogen (secondary N) is 1. The van der Waals surface area contributed by atoms with Crippen molar-refractivity contribution < 1.29 is 9.59 Å². The summed E-state index contributed by atoms with van der Waals surface area (Å²) in [5, 5.41) is 14.2. The molecule has 1 aliphatic carbocycles. The maximum absolute atomic E-state index is 12.6. The number of carbonyl (C=O) groups is 2. The molecule has 0 radical (unpaired) electrons. The second-order valence-corrected chi connectivity index (χ2v) is 7.10. The lowest BCUT2D eigenvalue weighted by Gasteiger charge is -2.32. The third kappa shape index (κ3) is 3.44. The number of benzene rings is 1. The van der Waals surface area contributed by atoms with Gasteiger partial charge in [-0.2, -0.15) is 0 Å². The molecule has 0 spiro atoms. The first-order valence-electron chi connectivity index (χ1n) is 9.05. The number of carbonyl (C=O) groups excluding carboxylic acids is 2. The molecule has 2 aliphatic rings. The highest BCUT2D eigenvalue weighted by Gasteiger charge is 2.35. The van der Waals surface area contributed by atoms with Gasteiger partial charge in [0.05, 0.1) is 5.69 Å². The van der Waals surface area contributed by atoms with Gasteiger partial charge in [-0.1, -0.05) is 0 Å². The van der Waals surface area contributed by atoms with Crippen LogP contribution in [0.15, 0.2) is 24.5 Å². The third-order valence-corrected chi connectivity index (χ3v) is 5.12. The predicted molar refractivity (Wildman–Crippen MR) is 93.7 cm³/mol. The Bertz CT molecular complexity index is 807. The van der Waals surface area contributed by atoms with Crippen molar-refractivity contribution in [3.63, 3.8) is 0 Å². The molecule has 2 fully saturated rings. The minimum Gasteiger partial charge on any atom is -0.349 e. The summed E-state index contributed by atoms with van der Waals surface area (Å²) in [5.74, 6) is 0.481. The number of piperidine rings is 1. The Balaban J connectivity index is 1.35. The topological polar surface area (TPSA) is 93.0 Å². The molecule has 1 aliphatic heterocycles. The van der Waals surface area contributed by atoms with Gasteiger partial charge in [0.2, 0.25) is 5.91 Å². The molecule has 1 aromatic heterocycles. The quantitative estimate of drug-likeness (QED) is 0.887. The smallest absolute Gasteiger partial charge is 0.251 e. The van der Waals surface area contributed by atoms with Gasteiger partial charge in [0.15, 0.2) is 0 Å². The molecule has 1 N–H and O–H groups in total. The number of tetrazole rings is 1. The van der Waals surface area contributed by atoms with Crippen molar-refractivity contribution in [3.05, 3.63) is 35.7 Å². The average Bonchev–Trinajstić information content (AvgIpc) is 3.36. The van der Waals surface area contributed by atoms with Crippen LogP contribution in [-0.2, 0) is 4.79 Å². The summed E-state index contributed by atoms with van der Waals surface area (Å²) in [5.41, 5.74) is 2.39. The van der Waals surface area contributed by atoms with Crippen LogP contribution in [-0.4, -0.2) is 56.1 Å². The van der Waals surface area contributed by atoms with Crippen LogP contribution in [0.4, 0.5) is 0 Å². The van der Waals surface area contributed by atoms with E-state index in [1.165, 1.54) is 6.33 Å². The Labute approximate surface area is 151 Å². The highest BCUT2D eigenvalue weighted by Crippen LogP contribution is 2.31. The van der Waals surface area contributed by atoms with Crippen LogP contribution >= 0.6 is 0 Å². The van der Waals surface area contributed by atoms with Gasteiger partial charge in [0.25, 0.3) is 5.91 Å². The number of rotatable bonds is 4. The molecule has 2 amide bonds. The Morgan fingerprint density at radius 2 is 1.92 bits per heavy atom. The second kappa shape index (κ2) is 6.86. The lowest BCUT2D eigenvalue weighted by atomic mass is 10.0. The normalized spacial score (nSPS) is 18.0. The van der Waals surface area contributed by atoms with Gasteiger partial charge in [0.1, 0.15) is 6.33 Å². The number of amides is 2. The highest BCUT2D eigenvalue weighted by atomic mass is 16.2. The van der Waals surface area contributed by atoms with Crippen molar-refractivity contribution >= 4 is 11.8 Å². The van der Waals surface area contributed by atoms with E-state index in [4.69, 9.17) is 0 Å². The fourth-order valence-electron chi connectivity index (χ4n) is 3.43. The summed E-state index contributed by atoms with van der Waals surface area (Å²) in [6.45, 7) is 3.39. The summed E-state index contributed by atoms with van der Waals surface area (Å²) in [4.78, 5) is 26.6. The number of aryl methyl sites for hydroxylation is 1. The molecule has 4 rings (SSSR count). The summed E-state index contributed by atoms with van der Waals surface area (Å²) in [6, 6.07) is 5.59. The average molecular weight is 354 g/mol. The van der Waals surface area contributed by atoms with E-state index in [1.54, 1.807) is 10.7 Å². The predicted octanol–water partition coefficient (Wildman–Crippen LogP) is 1.10. The number of nitrogens with zero attached hydrogens (tertiary/aromatic N) is 5. The fraction of sp³-hybridized carbons (Fsp3) is 0.500. The molecule has 0 bridgehead atoms. The first-order valence-corrected chi connectivity index (χ1v) is 9.05. The number of hydrogen-bond acceptors (Lipinski definition) is 5. The molecule has 2 heterocycles. The van der Waals surface area contributed by atoms with Crippen LogP contribution < -0.4 is 5.32 Å². The molecule has 0 unspecified atom stereocenters. The van der Waals surface area contributed by atoms with Gasteiger partial charge < -0.3 is 10.2 Å². The summed E-state index contributed by atoms with van der Waals surface area (Å²) < 4.78 is 1.57. The minimum absolute atomic E-state index is 0.0802. The van der Waals surface area contributed by atoms with E-state index >= 15 is 0 Å². The zero-order valence-electron chi connectivity index (χ0n) is 14.8. The fourth-order valence-corrected chi connectivity index (χ4v) is 3.43. The lowest BCUT2D eigenvalue weighted by molar-refractivity contribution is -0.133. The van der Waals surface area contributed by atoms with E-state index in [0.29, 0.717) is 11.5 Å². The highest BCUT2D eigenvalue weighted by molar-refractivity contribution is 5.94. The maximum atomic E-state index is 12.6. The van der Waals surface area contributed by atoms with E-state index in [0.717, 1.165) is 50.0 Å². The third-order valence-electron chi connectivity index (χ3n) is 5.12. The monoisotopic (exact) mass is 354 g/mol. The van der Waals surface area contributed by atoms with Gasteiger partial charge in [-0.05, 0) is 66.8 Å². The minimum atomic E-state index is -0.0802. The Morgan fingerprint density at radius 1 is 1.15 bits per heavy atom. The Kier molecular flexibility index (Phi) is 4.40. The van der Waals surface area contributed by atoms with Crippen LogP contribution in [0.1, 0.15) is 41.6 Å². The maximum Gasteiger partial charge on any atom is 0.251 e. The van der Waals surface area contributed by atoms with Crippen LogP contribution in [0.25, 0.3) is 5.69 Å². The zero-order valence-corrected chi connectivity index (χ0v) is 14.8. The van der Waals surface area contributed by atoms with E-state index < -0.39 is 0 Å². The van der Waals surface area contributed by atoms with Gasteiger partial charge in [-0.15, -0.1) is 5.10 Å². The molecule has 136 valence electrons. The molecule has 8 heteroatoms. The molecule has 1 saturated carbocycles.